The van der Waals surface area contributed by atoms with Gasteiger partial charge < -0.3 is 0 Å². The second-order valence-corrected chi connectivity index (χ2v) is 7.68. The maximum atomic E-state index is 12.9. The number of nitrogens with one attached hydrogen (secondary N) is 2. The quantitative estimate of drug-likeness (QED) is 0.698. The van der Waals surface area contributed by atoms with Gasteiger partial charge >= 0.3 is 5.24 Å². The SMILES string of the molecule is O=C(NC(=O)c1ccc(F)cc1)SNSN1c2ccc(-c3ccccc3)c1c2. The Labute approximate surface area is 169 Å². The minimum Gasteiger partial charge on any atom is -0.282 e. The Bertz CT molecular complexity index is 1010. The van der Waals surface area contributed by atoms with Crippen molar-refractivity contribution in [2.45, 2.75) is 0 Å². The first kappa shape index (κ1) is 18.5. The fraction of sp³-hybridized carbons (Fsp3) is 0. The zero-order valence-corrected chi connectivity index (χ0v) is 16.0. The molecule has 2 N–H and O–H groups in total. The highest BCUT2D eigenvalue weighted by Gasteiger charge is 2.30. The van der Waals surface area contributed by atoms with Gasteiger partial charge in [0.1, 0.15) is 5.82 Å². The predicted molar refractivity (Wildman–Crippen MR) is 110 cm³/mol. The number of halogens is 1. The number of carbonyl (C=O) groups excluding carboxylic acids is 2. The number of imide groups is 1. The molecule has 0 spiro atoms. The molecule has 0 unspecified atom stereocenters. The van der Waals surface area contributed by atoms with E-state index < -0.39 is 17.0 Å². The zero-order valence-electron chi connectivity index (χ0n) is 14.4. The van der Waals surface area contributed by atoms with E-state index in [9.17, 15) is 14.0 Å². The monoisotopic (exact) mass is 411 g/mol. The highest BCUT2D eigenvalue weighted by Crippen LogP contribution is 2.44. The number of allylic oxidation sites excluding steroid dienone is 4. The lowest BCUT2D eigenvalue weighted by Crippen LogP contribution is -2.31. The molecule has 4 rings (SSSR count). The molecule has 0 aromatic heterocycles. The van der Waals surface area contributed by atoms with Gasteiger partial charge in [0, 0.05) is 23.1 Å². The number of rotatable bonds is 5. The van der Waals surface area contributed by atoms with Crippen LogP contribution < -0.4 is 9.44 Å². The first-order chi connectivity index (χ1) is 13.6. The van der Waals surface area contributed by atoms with Gasteiger partial charge in [-0.15, -0.1) is 0 Å². The van der Waals surface area contributed by atoms with E-state index in [0.717, 1.165) is 34.5 Å². The van der Waals surface area contributed by atoms with E-state index in [1.165, 1.54) is 36.4 Å². The predicted octanol–water partition coefficient (Wildman–Crippen LogP) is 4.66. The summed E-state index contributed by atoms with van der Waals surface area (Å²) in [5.74, 6) is -1.02. The highest BCUT2D eigenvalue weighted by molar-refractivity contribution is 8.20. The van der Waals surface area contributed by atoms with E-state index >= 15 is 0 Å². The van der Waals surface area contributed by atoms with Crippen molar-refractivity contribution < 1.29 is 14.0 Å². The van der Waals surface area contributed by atoms with Crippen molar-refractivity contribution in [1.82, 2.24) is 13.7 Å². The zero-order chi connectivity index (χ0) is 19.5. The van der Waals surface area contributed by atoms with Crippen LogP contribution >= 0.6 is 24.1 Å². The molecule has 2 aliphatic rings. The van der Waals surface area contributed by atoms with Crippen LogP contribution in [0.1, 0.15) is 15.9 Å². The summed E-state index contributed by atoms with van der Waals surface area (Å²) in [7, 11) is 0. The number of fused-ring (bicyclic) bond motifs is 2. The molecule has 2 aromatic rings. The molecule has 2 aliphatic heterocycles. The molecule has 0 fully saturated rings. The van der Waals surface area contributed by atoms with Gasteiger partial charge in [-0.05, 0) is 42.0 Å². The minimum absolute atomic E-state index is 0.216. The molecule has 2 aromatic carbocycles. The van der Waals surface area contributed by atoms with E-state index in [1.807, 2.05) is 40.7 Å². The van der Waals surface area contributed by atoms with Crippen LogP contribution in [-0.2, 0) is 0 Å². The lowest BCUT2D eigenvalue weighted by Gasteiger charge is -2.38. The van der Waals surface area contributed by atoms with Gasteiger partial charge in [-0.2, -0.15) is 4.13 Å². The van der Waals surface area contributed by atoms with Crippen molar-refractivity contribution in [3.8, 4) is 0 Å². The van der Waals surface area contributed by atoms with Crippen molar-refractivity contribution in [2.24, 2.45) is 0 Å². The molecular weight excluding hydrogens is 397 g/mol. The van der Waals surface area contributed by atoms with E-state index in [2.05, 4.69) is 21.6 Å². The number of nitrogens with zero attached hydrogens (tertiary/aromatic N) is 1. The summed E-state index contributed by atoms with van der Waals surface area (Å²) in [6, 6.07) is 15.0. The van der Waals surface area contributed by atoms with Gasteiger partial charge in [-0.25, -0.2) is 4.39 Å². The van der Waals surface area contributed by atoms with Crippen molar-refractivity contribution in [3.63, 3.8) is 0 Å². The molecule has 2 bridgehead atoms. The van der Waals surface area contributed by atoms with Crippen LogP contribution in [0.15, 0.2) is 84.2 Å². The molecule has 28 heavy (non-hydrogen) atoms. The number of amides is 2. The number of hydrogen-bond donors (Lipinski definition) is 2. The molecular formula is C20H14FN3O2S2. The van der Waals surface area contributed by atoms with Crippen LogP contribution in [0.4, 0.5) is 9.18 Å². The fourth-order valence-corrected chi connectivity index (χ4v) is 4.10. The number of hydrogen-bond acceptors (Lipinski definition) is 6. The summed E-state index contributed by atoms with van der Waals surface area (Å²) >= 11 is 2.02. The normalized spacial score (nSPS) is 14.5. The maximum Gasteiger partial charge on any atom is 0.301 e. The van der Waals surface area contributed by atoms with Gasteiger partial charge in [0.15, 0.2) is 0 Å². The Kier molecular flexibility index (Phi) is 5.34. The average Bonchev–Trinajstić information content (AvgIpc) is 2.72. The smallest absolute Gasteiger partial charge is 0.282 e. The summed E-state index contributed by atoms with van der Waals surface area (Å²) < 4.78 is 17.8. The van der Waals surface area contributed by atoms with Crippen LogP contribution in [-0.4, -0.2) is 15.5 Å². The largest absolute Gasteiger partial charge is 0.301 e. The number of carbonyl (C=O) groups is 2. The first-order valence-corrected chi connectivity index (χ1v) is 9.90. The Balaban J connectivity index is 1.27. The van der Waals surface area contributed by atoms with Gasteiger partial charge in [0.05, 0.1) is 23.5 Å². The summed E-state index contributed by atoms with van der Waals surface area (Å²) in [5, 5.41) is 1.69. The summed E-state index contributed by atoms with van der Waals surface area (Å²) in [6.07, 6.45) is 6.14. The van der Waals surface area contributed by atoms with Gasteiger partial charge in [-0.1, -0.05) is 36.4 Å². The second kappa shape index (κ2) is 8.05. The molecule has 0 saturated heterocycles. The van der Waals surface area contributed by atoms with Crippen molar-refractivity contribution >= 4 is 40.8 Å². The highest BCUT2D eigenvalue weighted by atomic mass is 32.2. The van der Waals surface area contributed by atoms with Crippen LogP contribution in [0.5, 0.6) is 0 Å². The van der Waals surface area contributed by atoms with Crippen LogP contribution in [0, 0.1) is 5.82 Å². The van der Waals surface area contributed by atoms with Crippen molar-refractivity contribution in [2.75, 3.05) is 0 Å². The first-order valence-electron chi connectivity index (χ1n) is 8.31. The molecule has 0 radical (unpaired) electrons. The molecule has 0 aliphatic carbocycles. The Morgan fingerprint density at radius 3 is 2.43 bits per heavy atom. The maximum absolute atomic E-state index is 12.9. The standard InChI is InChI=1S/C20H14FN3O2S2/c21-15-8-6-14(7-9-15)19(25)22-20(26)27-23-28-24-16-10-11-17(18(24)12-16)13-4-2-1-3-5-13/h1-12,23H,(H,22,25,26). The molecule has 0 saturated carbocycles. The van der Waals surface area contributed by atoms with Gasteiger partial charge in [-0.3, -0.25) is 19.2 Å². The van der Waals surface area contributed by atoms with Gasteiger partial charge in [0.2, 0.25) is 0 Å². The van der Waals surface area contributed by atoms with E-state index in [-0.39, 0.29) is 5.56 Å². The van der Waals surface area contributed by atoms with E-state index in [0.29, 0.717) is 0 Å². The lowest BCUT2D eigenvalue weighted by atomic mass is 9.94. The molecule has 2 amide bonds. The van der Waals surface area contributed by atoms with Crippen LogP contribution in [0.3, 0.4) is 0 Å². The third-order valence-electron chi connectivity index (χ3n) is 4.10. The topological polar surface area (TPSA) is 61.4 Å². The minimum atomic E-state index is -0.579. The van der Waals surface area contributed by atoms with Crippen molar-refractivity contribution in [1.29, 1.82) is 0 Å². The Morgan fingerprint density at radius 2 is 1.71 bits per heavy atom. The summed E-state index contributed by atoms with van der Waals surface area (Å²) in [5.41, 5.74) is 4.50. The molecule has 0 atom stereocenters. The Morgan fingerprint density at radius 1 is 0.964 bits per heavy atom. The molecule has 140 valence electrons. The third kappa shape index (κ3) is 3.89. The van der Waals surface area contributed by atoms with Gasteiger partial charge in [0.25, 0.3) is 5.91 Å². The average molecular weight is 411 g/mol. The van der Waals surface area contributed by atoms with Crippen LogP contribution in [0.2, 0.25) is 0 Å². The van der Waals surface area contributed by atoms with Crippen LogP contribution in [0.25, 0.3) is 5.57 Å². The lowest BCUT2D eigenvalue weighted by molar-refractivity contribution is 0.0969. The third-order valence-corrected chi connectivity index (χ3v) is 5.61. The fourth-order valence-electron chi connectivity index (χ4n) is 2.74. The van der Waals surface area contributed by atoms with E-state index in [1.54, 1.807) is 0 Å². The molecule has 2 heterocycles. The Hall–Kier alpha value is -2.81. The second-order valence-electron chi connectivity index (χ2n) is 5.89. The molecule has 5 nitrogen and oxygen atoms in total. The summed E-state index contributed by atoms with van der Waals surface area (Å²) in [4.78, 5) is 23.9. The molecule has 8 heteroatoms. The summed E-state index contributed by atoms with van der Waals surface area (Å²) in [6.45, 7) is 0. The van der Waals surface area contributed by atoms with E-state index in [4.69, 9.17) is 0 Å². The van der Waals surface area contributed by atoms with Crippen molar-refractivity contribution in [3.05, 3.63) is 101 Å². The number of benzene rings is 2.